The highest BCUT2D eigenvalue weighted by Crippen LogP contribution is 2.31. The molecule has 2 fully saturated rings. The summed E-state index contributed by atoms with van der Waals surface area (Å²) < 4.78 is 5.42. The summed E-state index contributed by atoms with van der Waals surface area (Å²) in [6, 6.07) is 0. The molecule has 1 N–H and O–H groups in total. The second kappa shape index (κ2) is 7.68. The van der Waals surface area contributed by atoms with Gasteiger partial charge in [0.05, 0.1) is 13.2 Å². The maximum atomic E-state index is 9.72. The standard InChI is InChI=1S/C15H26N4O2S/c1-2-3-14-16-17-15(22-14)19-9-12(13(10-19)11-20)8-18-4-6-21-7-5-18/h12-13,20H,2-11H2,1H3. The molecule has 0 bridgehead atoms. The highest BCUT2D eigenvalue weighted by Gasteiger charge is 2.35. The summed E-state index contributed by atoms with van der Waals surface area (Å²) in [5, 5.41) is 20.5. The molecule has 2 atom stereocenters. The Hall–Kier alpha value is -0.760. The van der Waals surface area contributed by atoms with E-state index in [9.17, 15) is 5.11 Å². The lowest BCUT2D eigenvalue weighted by Gasteiger charge is -2.30. The highest BCUT2D eigenvalue weighted by molar-refractivity contribution is 7.15. The summed E-state index contributed by atoms with van der Waals surface area (Å²) in [6.07, 6.45) is 2.11. The fourth-order valence-electron chi connectivity index (χ4n) is 3.31. The van der Waals surface area contributed by atoms with Crippen molar-refractivity contribution >= 4 is 16.5 Å². The average molecular weight is 326 g/mol. The lowest BCUT2D eigenvalue weighted by Crippen LogP contribution is -2.41. The van der Waals surface area contributed by atoms with Crippen LogP contribution in [-0.2, 0) is 11.2 Å². The third kappa shape index (κ3) is 3.76. The normalized spacial score (nSPS) is 26.7. The summed E-state index contributed by atoms with van der Waals surface area (Å²) in [5.74, 6) is 0.836. The minimum atomic E-state index is 0.256. The largest absolute Gasteiger partial charge is 0.396 e. The van der Waals surface area contributed by atoms with Crippen LogP contribution in [0.15, 0.2) is 0 Å². The van der Waals surface area contributed by atoms with E-state index in [1.807, 2.05) is 0 Å². The molecule has 2 saturated heterocycles. The number of nitrogens with zero attached hydrogens (tertiary/aromatic N) is 4. The Morgan fingerprint density at radius 1 is 1.23 bits per heavy atom. The summed E-state index contributed by atoms with van der Waals surface area (Å²) in [6.45, 7) is 9.01. The van der Waals surface area contributed by atoms with Gasteiger partial charge in [-0.05, 0) is 12.3 Å². The molecule has 1 aromatic heterocycles. The Bertz CT molecular complexity index is 464. The molecule has 124 valence electrons. The van der Waals surface area contributed by atoms with Crippen molar-refractivity contribution in [3.05, 3.63) is 5.01 Å². The van der Waals surface area contributed by atoms with E-state index in [-0.39, 0.29) is 6.61 Å². The van der Waals surface area contributed by atoms with E-state index < -0.39 is 0 Å². The van der Waals surface area contributed by atoms with Gasteiger partial charge in [-0.25, -0.2) is 0 Å². The Morgan fingerprint density at radius 2 is 2.00 bits per heavy atom. The molecule has 0 saturated carbocycles. The van der Waals surface area contributed by atoms with Gasteiger partial charge in [0.2, 0.25) is 5.13 Å². The van der Waals surface area contributed by atoms with Crippen molar-refractivity contribution in [3.63, 3.8) is 0 Å². The maximum Gasteiger partial charge on any atom is 0.208 e. The van der Waals surface area contributed by atoms with E-state index in [0.717, 1.165) is 68.9 Å². The van der Waals surface area contributed by atoms with Crippen LogP contribution in [0.1, 0.15) is 18.4 Å². The van der Waals surface area contributed by atoms with Gasteiger partial charge in [0, 0.05) is 51.7 Å². The zero-order valence-corrected chi connectivity index (χ0v) is 14.1. The third-order valence-electron chi connectivity index (χ3n) is 4.60. The smallest absolute Gasteiger partial charge is 0.208 e. The average Bonchev–Trinajstić information content (AvgIpc) is 3.15. The van der Waals surface area contributed by atoms with Gasteiger partial charge >= 0.3 is 0 Å². The Kier molecular flexibility index (Phi) is 5.62. The number of aliphatic hydroxyl groups is 1. The van der Waals surface area contributed by atoms with Crippen molar-refractivity contribution in [2.75, 3.05) is 57.4 Å². The SMILES string of the molecule is CCCc1nnc(N2CC(CO)C(CN3CCOCC3)C2)s1. The molecular formula is C15H26N4O2S. The van der Waals surface area contributed by atoms with E-state index in [1.54, 1.807) is 11.3 Å². The van der Waals surface area contributed by atoms with Crippen molar-refractivity contribution in [2.45, 2.75) is 19.8 Å². The van der Waals surface area contributed by atoms with Crippen LogP contribution in [0.3, 0.4) is 0 Å². The van der Waals surface area contributed by atoms with Crippen LogP contribution in [0.2, 0.25) is 0 Å². The van der Waals surface area contributed by atoms with Crippen molar-refractivity contribution in [3.8, 4) is 0 Å². The first-order valence-corrected chi connectivity index (χ1v) is 9.10. The molecule has 0 spiro atoms. The van der Waals surface area contributed by atoms with Gasteiger partial charge in [-0.1, -0.05) is 18.3 Å². The van der Waals surface area contributed by atoms with Crippen LogP contribution in [0.4, 0.5) is 5.13 Å². The molecule has 1 aromatic rings. The Balaban J connectivity index is 1.60. The number of anilines is 1. The fourth-order valence-corrected chi connectivity index (χ4v) is 4.27. The van der Waals surface area contributed by atoms with Crippen LogP contribution < -0.4 is 4.90 Å². The van der Waals surface area contributed by atoms with Crippen molar-refractivity contribution in [1.82, 2.24) is 15.1 Å². The number of morpholine rings is 1. The zero-order valence-electron chi connectivity index (χ0n) is 13.3. The predicted molar refractivity (Wildman–Crippen MR) is 87.4 cm³/mol. The van der Waals surface area contributed by atoms with Crippen molar-refractivity contribution in [2.24, 2.45) is 11.8 Å². The minimum Gasteiger partial charge on any atom is -0.396 e. The van der Waals surface area contributed by atoms with Crippen LogP contribution in [0.25, 0.3) is 0 Å². The molecule has 3 heterocycles. The van der Waals surface area contributed by atoms with E-state index in [2.05, 4.69) is 26.9 Å². The van der Waals surface area contributed by atoms with E-state index in [4.69, 9.17) is 4.74 Å². The molecule has 0 radical (unpaired) electrons. The quantitative estimate of drug-likeness (QED) is 0.837. The summed E-state index contributed by atoms with van der Waals surface area (Å²) in [4.78, 5) is 4.77. The monoisotopic (exact) mass is 326 g/mol. The molecule has 7 heteroatoms. The molecule has 0 aromatic carbocycles. The van der Waals surface area contributed by atoms with Gasteiger partial charge in [0.1, 0.15) is 5.01 Å². The lowest BCUT2D eigenvalue weighted by molar-refractivity contribution is 0.0268. The molecule has 6 nitrogen and oxygen atoms in total. The number of rotatable bonds is 6. The zero-order chi connectivity index (χ0) is 15.4. The van der Waals surface area contributed by atoms with E-state index in [1.165, 1.54) is 0 Å². The minimum absolute atomic E-state index is 0.256. The van der Waals surface area contributed by atoms with Crippen LogP contribution in [-0.4, -0.2) is 72.7 Å². The molecular weight excluding hydrogens is 300 g/mol. The molecule has 2 aliphatic heterocycles. The van der Waals surface area contributed by atoms with E-state index >= 15 is 0 Å². The maximum absolute atomic E-state index is 9.72. The number of aromatic nitrogens is 2. The van der Waals surface area contributed by atoms with Gasteiger partial charge in [0.25, 0.3) is 0 Å². The Labute approximate surface area is 136 Å². The summed E-state index contributed by atoms with van der Waals surface area (Å²) in [7, 11) is 0. The molecule has 2 aliphatic rings. The first kappa shape index (κ1) is 16.1. The number of ether oxygens (including phenoxy) is 1. The van der Waals surface area contributed by atoms with Gasteiger partial charge in [-0.15, -0.1) is 10.2 Å². The van der Waals surface area contributed by atoms with Gasteiger partial charge < -0.3 is 14.7 Å². The van der Waals surface area contributed by atoms with Gasteiger partial charge in [-0.3, -0.25) is 4.90 Å². The van der Waals surface area contributed by atoms with Crippen molar-refractivity contribution < 1.29 is 9.84 Å². The third-order valence-corrected chi connectivity index (χ3v) is 5.64. The van der Waals surface area contributed by atoms with Crippen LogP contribution in [0, 0.1) is 11.8 Å². The number of hydrogen-bond donors (Lipinski definition) is 1. The first-order chi connectivity index (χ1) is 10.8. The van der Waals surface area contributed by atoms with Gasteiger partial charge in [-0.2, -0.15) is 0 Å². The molecule has 0 aliphatic carbocycles. The molecule has 2 unspecified atom stereocenters. The fraction of sp³-hybridized carbons (Fsp3) is 0.867. The summed E-state index contributed by atoms with van der Waals surface area (Å²) >= 11 is 1.70. The van der Waals surface area contributed by atoms with E-state index in [0.29, 0.717) is 11.8 Å². The lowest BCUT2D eigenvalue weighted by atomic mass is 9.96. The summed E-state index contributed by atoms with van der Waals surface area (Å²) in [5.41, 5.74) is 0. The Morgan fingerprint density at radius 3 is 2.73 bits per heavy atom. The highest BCUT2D eigenvalue weighted by atomic mass is 32.1. The van der Waals surface area contributed by atoms with Crippen LogP contribution >= 0.6 is 11.3 Å². The number of aliphatic hydroxyl groups excluding tert-OH is 1. The van der Waals surface area contributed by atoms with Crippen LogP contribution in [0.5, 0.6) is 0 Å². The number of hydrogen-bond acceptors (Lipinski definition) is 7. The van der Waals surface area contributed by atoms with Crippen molar-refractivity contribution in [1.29, 1.82) is 0 Å². The molecule has 22 heavy (non-hydrogen) atoms. The molecule has 0 amide bonds. The molecule has 3 rings (SSSR count). The predicted octanol–water partition coefficient (Wildman–Crippen LogP) is 0.867. The number of aryl methyl sites for hydroxylation is 1. The second-order valence-electron chi connectivity index (χ2n) is 6.25. The second-order valence-corrected chi connectivity index (χ2v) is 7.29. The first-order valence-electron chi connectivity index (χ1n) is 8.28. The topological polar surface area (TPSA) is 61.7 Å². The van der Waals surface area contributed by atoms with Gasteiger partial charge in [0.15, 0.2) is 0 Å².